The van der Waals surface area contributed by atoms with E-state index in [9.17, 15) is 4.39 Å². The second-order valence-corrected chi connectivity index (χ2v) is 6.55. The quantitative estimate of drug-likeness (QED) is 0.836. The lowest BCUT2D eigenvalue weighted by Gasteiger charge is -2.31. The monoisotopic (exact) mass is 342 g/mol. The number of halogens is 2. The highest BCUT2D eigenvalue weighted by Crippen LogP contribution is 2.27. The summed E-state index contributed by atoms with van der Waals surface area (Å²) in [5.74, 6) is -0.110. The molecule has 20 heavy (non-hydrogen) atoms. The Hall–Kier alpha value is -0.450. The van der Waals surface area contributed by atoms with Gasteiger partial charge in [0.15, 0.2) is 0 Å². The Kier molecular flexibility index (Phi) is 6.00. The number of hydrogen-bond acceptors (Lipinski definition) is 2. The van der Waals surface area contributed by atoms with Crippen molar-refractivity contribution in [2.24, 2.45) is 0 Å². The van der Waals surface area contributed by atoms with Crippen LogP contribution in [0.25, 0.3) is 0 Å². The van der Waals surface area contributed by atoms with Crippen molar-refractivity contribution in [2.45, 2.75) is 45.2 Å². The smallest absolute Gasteiger partial charge is 0.128 e. The Morgan fingerprint density at radius 3 is 2.95 bits per heavy atom. The van der Waals surface area contributed by atoms with Gasteiger partial charge in [-0.15, -0.1) is 0 Å². The molecule has 1 aliphatic heterocycles. The van der Waals surface area contributed by atoms with Crippen LogP contribution in [0.4, 0.5) is 4.39 Å². The first-order valence-corrected chi connectivity index (χ1v) is 8.33. The van der Waals surface area contributed by atoms with E-state index in [1.807, 2.05) is 6.07 Å². The van der Waals surface area contributed by atoms with Gasteiger partial charge in [0.2, 0.25) is 0 Å². The molecule has 1 aliphatic rings. The fourth-order valence-corrected chi connectivity index (χ4v) is 3.34. The van der Waals surface area contributed by atoms with Crippen LogP contribution in [0.15, 0.2) is 22.7 Å². The van der Waals surface area contributed by atoms with Crippen LogP contribution in [0.2, 0.25) is 0 Å². The van der Waals surface area contributed by atoms with Crippen molar-refractivity contribution < 1.29 is 4.39 Å². The van der Waals surface area contributed by atoms with E-state index in [4.69, 9.17) is 0 Å². The summed E-state index contributed by atoms with van der Waals surface area (Å²) in [6.07, 6.45) is 3.57. The topological polar surface area (TPSA) is 15.3 Å². The van der Waals surface area contributed by atoms with Gasteiger partial charge >= 0.3 is 0 Å². The fraction of sp³-hybridized carbons (Fsp3) is 0.625. The van der Waals surface area contributed by atoms with Crippen molar-refractivity contribution in [2.75, 3.05) is 19.6 Å². The Labute approximate surface area is 129 Å². The van der Waals surface area contributed by atoms with Crippen molar-refractivity contribution in [3.63, 3.8) is 0 Å². The summed E-state index contributed by atoms with van der Waals surface area (Å²) in [6, 6.07) is 5.88. The third kappa shape index (κ3) is 4.03. The minimum absolute atomic E-state index is 0.106. The first-order valence-electron chi connectivity index (χ1n) is 7.54. The third-order valence-corrected chi connectivity index (χ3v) is 4.58. The van der Waals surface area contributed by atoms with Crippen LogP contribution in [-0.2, 0) is 0 Å². The van der Waals surface area contributed by atoms with E-state index in [1.54, 1.807) is 12.1 Å². The van der Waals surface area contributed by atoms with E-state index in [-0.39, 0.29) is 11.9 Å². The molecule has 1 fully saturated rings. The predicted octanol–water partition coefficient (Wildman–Crippen LogP) is 4.11. The second-order valence-electron chi connectivity index (χ2n) is 5.63. The zero-order chi connectivity index (χ0) is 14.5. The van der Waals surface area contributed by atoms with Gasteiger partial charge in [0, 0.05) is 28.7 Å². The SMILES string of the molecule is CCCN(CC1CCCN1)C(C)c1cc(Br)ccc1F. The summed E-state index contributed by atoms with van der Waals surface area (Å²) in [7, 11) is 0. The Balaban J connectivity index is 2.12. The van der Waals surface area contributed by atoms with Crippen molar-refractivity contribution in [3.8, 4) is 0 Å². The van der Waals surface area contributed by atoms with Gasteiger partial charge in [0.05, 0.1) is 0 Å². The lowest BCUT2D eigenvalue weighted by Crippen LogP contribution is -2.39. The summed E-state index contributed by atoms with van der Waals surface area (Å²) in [5, 5.41) is 3.53. The predicted molar refractivity (Wildman–Crippen MR) is 85.4 cm³/mol. The largest absolute Gasteiger partial charge is 0.313 e. The first-order chi connectivity index (χ1) is 9.61. The minimum atomic E-state index is -0.110. The zero-order valence-corrected chi connectivity index (χ0v) is 13.9. The Bertz CT molecular complexity index is 432. The maximum absolute atomic E-state index is 14.1. The highest BCUT2D eigenvalue weighted by atomic mass is 79.9. The number of rotatable bonds is 6. The fourth-order valence-electron chi connectivity index (χ4n) is 2.96. The Morgan fingerprint density at radius 1 is 1.50 bits per heavy atom. The third-order valence-electron chi connectivity index (χ3n) is 4.08. The van der Waals surface area contributed by atoms with E-state index < -0.39 is 0 Å². The molecule has 0 spiro atoms. The number of hydrogen-bond donors (Lipinski definition) is 1. The van der Waals surface area contributed by atoms with Gasteiger partial charge in [-0.3, -0.25) is 4.90 Å². The molecule has 1 N–H and O–H groups in total. The molecule has 2 nitrogen and oxygen atoms in total. The van der Waals surface area contributed by atoms with Crippen LogP contribution in [0, 0.1) is 5.82 Å². The van der Waals surface area contributed by atoms with Crippen LogP contribution in [0.5, 0.6) is 0 Å². The molecule has 1 aromatic rings. The van der Waals surface area contributed by atoms with E-state index in [2.05, 4.69) is 40.0 Å². The molecule has 0 aromatic heterocycles. The average Bonchev–Trinajstić information content (AvgIpc) is 2.93. The molecule has 1 aromatic carbocycles. The number of benzene rings is 1. The summed E-state index contributed by atoms with van der Waals surface area (Å²) in [4.78, 5) is 2.40. The highest BCUT2D eigenvalue weighted by Gasteiger charge is 2.23. The maximum Gasteiger partial charge on any atom is 0.128 e. The van der Waals surface area contributed by atoms with Crippen LogP contribution in [0.1, 0.15) is 44.7 Å². The van der Waals surface area contributed by atoms with Gasteiger partial charge < -0.3 is 5.32 Å². The van der Waals surface area contributed by atoms with E-state index >= 15 is 0 Å². The van der Waals surface area contributed by atoms with Crippen LogP contribution in [-0.4, -0.2) is 30.6 Å². The molecule has 2 atom stereocenters. The molecule has 1 heterocycles. The lowest BCUT2D eigenvalue weighted by molar-refractivity contribution is 0.189. The molecule has 2 unspecified atom stereocenters. The molecule has 112 valence electrons. The molecule has 2 rings (SSSR count). The van der Waals surface area contributed by atoms with Crippen molar-refractivity contribution >= 4 is 15.9 Å². The molecular weight excluding hydrogens is 319 g/mol. The first kappa shape index (κ1) is 15.9. The van der Waals surface area contributed by atoms with Gasteiger partial charge in [-0.1, -0.05) is 22.9 Å². The second kappa shape index (κ2) is 7.53. The van der Waals surface area contributed by atoms with Crippen molar-refractivity contribution in [1.82, 2.24) is 10.2 Å². The van der Waals surface area contributed by atoms with E-state index in [1.165, 1.54) is 12.8 Å². The molecule has 1 saturated heterocycles. The lowest BCUT2D eigenvalue weighted by atomic mass is 10.0. The van der Waals surface area contributed by atoms with E-state index in [0.29, 0.717) is 6.04 Å². The minimum Gasteiger partial charge on any atom is -0.313 e. The van der Waals surface area contributed by atoms with Gasteiger partial charge in [-0.25, -0.2) is 4.39 Å². The average molecular weight is 343 g/mol. The molecule has 0 saturated carbocycles. The number of nitrogens with one attached hydrogen (secondary N) is 1. The molecule has 0 amide bonds. The van der Waals surface area contributed by atoms with E-state index in [0.717, 1.165) is 36.1 Å². The standard InChI is InChI=1S/C16H24BrFN2/c1-3-9-20(11-14-5-4-8-19-14)12(2)15-10-13(17)6-7-16(15)18/h6-7,10,12,14,19H,3-5,8-9,11H2,1-2H3. The molecule has 0 bridgehead atoms. The van der Waals surface area contributed by atoms with Crippen LogP contribution < -0.4 is 5.32 Å². The van der Waals surface area contributed by atoms with Crippen LogP contribution in [0.3, 0.4) is 0 Å². The maximum atomic E-state index is 14.1. The van der Waals surface area contributed by atoms with Gasteiger partial charge in [-0.2, -0.15) is 0 Å². The Morgan fingerprint density at radius 2 is 2.30 bits per heavy atom. The zero-order valence-electron chi connectivity index (χ0n) is 12.3. The summed E-state index contributed by atoms with van der Waals surface area (Å²) < 4.78 is 15.0. The summed E-state index contributed by atoms with van der Waals surface area (Å²) in [5.41, 5.74) is 0.783. The molecule has 0 radical (unpaired) electrons. The molecule has 0 aliphatic carbocycles. The van der Waals surface area contributed by atoms with Crippen molar-refractivity contribution in [3.05, 3.63) is 34.1 Å². The van der Waals surface area contributed by atoms with Gasteiger partial charge in [0.25, 0.3) is 0 Å². The molecular formula is C16H24BrFN2. The van der Waals surface area contributed by atoms with Gasteiger partial charge in [-0.05, 0) is 57.5 Å². The molecule has 4 heteroatoms. The highest BCUT2D eigenvalue weighted by molar-refractivity contribution is 9.10. The normalized spacial score (nSPS) is 20.6. The summed E-state index contributed by atoms with van der Waals surface area (Å²) >= 11 is 3.44. The van der Waals surface area contributed by atoms with Crippen LogP contribution >= 0.6 is 15.9 Å². The van der Waals surface area contributed by atoms with Crippen molar-refractivity contribution in [1.29, 1.82) is 0 Å². The van der Waals surface area contributed by atoms with Gasteiger partial charge in [0.1, 0.15) is 5.82 Å². The summed E-state index contributed by atoms with van der Waals surface area (Å²) in [6.45, 7) is 7.41. The number of nitrogens with zero attached hydrogens (tertiary/aromatic N) is 1.